The van der Waals surface area contributed by atoms with Crippen LogP contribution in [-0.2, 0) is 26.1 Å². The average Bonchev–Trinajstić information content (AvgIpc) is 2.71. The normalized spacial score (nSPS) is 8.97. The van der Waals surface area contributed by atoms with Crippen molar-refractivity contribution in [1.82, 2.24) is 9.97 Å². The van der Waals surface area contributed by atoms with Crippen LogP contribution in [0.4, 0.5) is 0 Å². The molecule has 11 heteroatoms. The van der Waals surface area contributed by atoms with Gasteiger partial charge < -0.3 is 19.7 Å². The van der Waals surface area contributed by atoms with Gasteiger partial charge in [0.05, 0.1) is 24.6 Å². The summed E-state index contributed by atoms with van der Waals surface area (Å²) in [5.41, 5.74) is 1.58. The van der Waals surface area contributed by atoms with Gasteiger partial charge in [-0.2, -0.15) is 0 Å². The van der Waals surface area contributed by atoms with Crippen LogP contribution in [0.25, 0.3) is 11.4 Å². The standard InChI is InChI=1S/C16H20N2O2.2C2H4O2.2ClH.Pt/c1-3-9-19-13-5-7-17-15(11-13)16-12-14(6-8-18-16)20-10-4-2;2*1-2(3)4;;;/h5-8,11-12H,3-4,9-10H2,1-2H3;2*1H3,(H,3,4);2*1H;/q;;;;;+2/p-2. The van der Waals surface area contributed by atoms with E-state index in [2.05, 4.69) is 23.8 Å². The minimum atomic E-state index is -0.833. The zero-order valence-corrected chi connectivity index (χ0v) is 21.6. The van der Waals surface area contributed by atoms with Gasteiger partial charge >= 0.3 is 35.3 Å². The van der Waals surface area contributed by atoms with E-state index >= 15 is 0 Å². The van der Waals surface area contributed by atoms with Crippen LogP contribution < -0.4 is 9.47 Å². The first-order chi connectivity index (χ1) is 14.7. The van der Waals surface area contributed by atoms with Crippen LogP contribution in [0.2, 0.25) is 0 Å². The van der Waals surface area contributed by atoms with Crippen LogP contribution in [0.3, 0.4) is 0 Å². The van der Waals surface area contributed by atoms with Crippen molar-refractivity contribution in [2.75, 3.05) is 13.2 Å². The molecule has 0 unspecified atom stereocenters. The van der Waals surface area contributed by atoms with Gasteiger partial charge in [0.2, 0.25) is 0 Å². The molecule has 0 aliphatic carbocycles. The molecule has 0 saturated heterocycles. The number of aromatic nitrogens is 2. The Morgan fingerprint density at radius 2 is 1.16 bits per heavy atom. The van der Waals surface area contributed by atoms with Gasteiger partial charge in [-0.3, -0.25) is 19.6 Å². The second-order valence-electron chi connectivity index (χ2n) is 5.53. The van der Waals surface area contributed by atoms with Crippen molar-refractivity contribution in [1.29, 1.82) is 0 Å². The van der Waals surface area contributed by atoms with E-state index in [1.54, 1.807) is 12.4 Å². The molecule has 2 rings (SSSR count). The number of hydrogen-bond acceptors (Lipinski definition) is 6. The monoisotopic (exact) mass is 657 g/mol. The van der Waals surface area contributed by atoms with Gasteiger partial charge in [0, 0.05) is 38.4 Å². The molecule has 0 amide bonds. The molecule has 2 aromatic heterocycles. The van der Waals surface area contributed by atoms with Crippen LogP contribution >= 0.6 is 18.8 Å². The molecule has 0 aliphatic heterocycles. The summed E-state index contributed by atoms with van der Waals surface area (Å²) in [6.07, 6.45) is 5.44. The summed E-state index contributed by atoms with van der Waals surface area (Å²) in [7, 11) is 9.75. The molecule has 31 heavy (non-hydrogen) atoms. The number of nitrogens with zero attached hydrogens (tertiary/aromatic N) is 2. The number of ether oxygens (including phenoxy) is 2. The average molecular weight is 658 g/mol. The van der Waals surface area contributed by atoms with E-state index in [-0.39, 0.29) is 0 Å². The molecule has 8 nitrogen and oxygen atoms in total. The first-order valence-electron chi connectivity index (χ1n) is 9.11. The van der Waals surface area contributed by atoms with Crippen molar-refractivity contribution < 1.29 is 45.8 Å². The van der Waals surface area contributed by atoms with Gasteiger partial charge in [-0.05, 0) is 25.0 Å². The van der Waals surface area contributed by atoms with E-state index in [1.165, 1.54) is 0 Å². The van der Waals surface area contributed by atoms with E-state index in [4.69, 9.17) is 48.1 Å². The van der Waals surface area contributed by atoms with Gasteiger partial charge in [0.1, 0.15) is 11.5 Å². The first kappa shape index (κ1) is 31.3. The molecule has 0 aromatic carbocycles. The molecule has 2 aromatic rings. The molecule has 2 heterocycles. The molecule has 0 fully saturated rings. The van der Waals surface area contributed by atoms with Crippen molar-refractivity contribution in [2.24, 2.45) is 0 Å². The third-order valence-electron chi connectivity index (χ3n) is 2.67. The van der Waals surface area contributed by atoms with Gasteiger partial charge in [0.15, 0.2) is 0 Å². The number of carboxylic acids is 2. The summed E-state index contributed by atoms with van der Waals surface area (Å²) < 4.78 is 11.2. The maximum absolute atomic E-state index is 9.00. The van der Waals surface area contributed by atoms with Crippen molar-refractivity contribution in [3.05, 3.63) is 36.7 Å². The van der Waals surface area contributed by atoms with E-state index < -0.39 is 28.4 Å². The predicted molar refractivity (Wildman–Crippen MR) is 117 cm³/mol. The van der Waals surface area contributed by atoms with Crippen LogP contribution in [0.5, 0.6) is 11.5 Å². The summed E-state index contributed by atoms with van der Waals surface area (Å²) in [6.45, 7) is 7.74. The van der Waals surface area contributed by atoms with Crippen molar-refractivity contribution in [3.63, 3.8) is 0 Å². The van der Waals surface area contributed by atoms with E-state index in [0.717, 1.165) is 49.6 Å². The Labute approximate surface area is 199 Å². The summed E-state index contributed by atoms with van der Waals surface area (Å²) in [6, 6.07) is 7.52. The predicted octanol–water partition coefficient (Wildman–Crippen LogP) is 5.28. The van der Waals surface area contributed by atoms with E-state index in [1.807, 2.05) is 24.3 Å². The Balaban J connectivity index is 0. The zero-order chi connectivity index (χ0) is 24.1. The third kappa shape index (κ3) is 21.1. The van der Waals surface area contributed by atoms with E-state index in [0.29, 0.717) is 13.2 Å². The number of hydrogen-bond donors (Lipinski definition) is 2. The summed E-state index contributed by atoms with van der Waals surface area (Å²) >= 11 is -0.472. The van der Waals surface area contributed by atoms with Crippen LogP contribution in [0.15, 0.2) is 36.7 Å². The van der Waals surface area contributed by atoms with Crippen LogP contribution in [0.1, 0.15) is 40.5 Å². The SMILES string of the molecule is CC(=O)O.CC(=O)O.CCCOc1ccnc(-c2cc(OCCC)ccn2)c1.[Cl][Pt][Cl]. The first-order valence-corrected chi connectivity index (χ1v) is 14.7. The van der Waals surface area contributed by atoms with Crippen molar-refractivity contribution in [2.45, 2.75) is 40.5 Å². The molecular weight excluding hydrogens is 630 g/mol. The molecule has 0 bridgehead atoms. The Bertz CT molecular complexity index is 684. The maximum atomic E-state index is 9.00. The zero-order valence-electron chi connectivity index (χ0n) is 17.8. The summed E-state index contributed by atoms with van der Waals surface area (Å²) in [5, 5.41) is 14.8. The summed E-state index contributed by atoms with van der Waals surface area (Å²) in [5.74, 6) is -0.0305. The second-order valence-corrected chi connectivity index (χ2v) is 8.82. The number of rotatable bonds is 7. The quantitative estimate of drug-likeness (QED) is 0.413. The number of halogens is 2. The fourth-order valence-corrected chi connectivity index (χ4v) is 1.72. The molecule has 0 atom stereocenters. The Kier molecular flexibility index (Phi) is 21.5. The van der Waals surface area contributed by atoms with Crippen molar-refractivity contribution in [3.8, 4) is 22.9 Å². The molecule has 0 radical (unpaired) electrons. The topological polar surface area (TPSA) is 119 Å². The van der Waals surface area contributed by atoms with E-state index in [9.17, 15) is 0 Å². The Morgan fingerprint density at radius 1 is 0.871 bits per heavy atom. The fourth-order valence-electron chi connectivity index (χ4n) is 1.72. The van der Waals surface area contributed by atoms with Crippen molar-refractivity contribution >= 4 is 30.8 Å². The van der Waals surface area contributed by atoms with Gasteiger partial charge in [-0.25, -0.2) is 0 Å². The van der Waals surface area contributed by atoms with Crippen LogP contribution in [-0.4, -0.2) is 45.3 Å². The number of carboxylic acid groups (broad SMARTS) is 2. The molecular formula is C20H28Cl2N2O6Pt. The Hall–Kier alpha value is -1.89. The number of carbonyl (C=O) groups is 2. The Morgan fingerprint density at radius 3 is 1.42 bits per heavy atom. The summed E-state index contributed by atoms with van der Waals surface area (Å²) in [4.78, 5) is 26.7. The van der Waals surface area contributed by atoms with Crippen LogP contribution in [0, 0.1) is 0 Å². The molecule has 0 aliphatic rings. The molecule has 0 spiro atoms. The molecule has 2 N–H and O–H groups in total. The second kappa shape index (κ2) is 21.3. The molecule has 178 valence electrons. The van der Waals surface area contributed by atoms with Gasteiger partial charge in [0.25, 0.3) is 11.9 Å². The number of aliphatic carboxylic acids is 2. The minimum absolute atomic E-state index is 0.472. The number of pyridine rings is 2. The fraction of sp³-hybridized carbons (Fsp3) is 0.400. The molecule has 0 saturated carbocycles. The van der Waals surface area contributed by atoms with Gasteiger partial charge in [-0.1, -0.05) is 13.8 Å². The van der Waals surface area contributed by atoms with Gasteiger partial charge in [-0.15, -0.1) is 0 Å². The third-order valence-corrected chi connectivity index (χ3v) is 2.67.